The predicted octanol–water partition coefficient (Wildman–Crippen LogP) is 3.15. The van der Waals surface area contributed by atoms with Crippen LogP contribution in [0.15, 0.2) is 42.6 Å². The molecule has 1 unspecified atom stereocenters. The predicted molar refractivity (Wildman–Crippen MR) is 71.3 cm³/mol. The summed E-state index contributed by atoms with van der Waals surface area (Å²) < 4.78 is 0. The van der Waals surface area contributed by atoms with E-state index in [0.29, 0.717) is 0 Å². The second-order valence-electron chi connectivity index (χ2n) is 4.22. The summed E-state index contributed by atoms with van der Waals surface area (Å²) in [7, 11) is 0. The van der Waals surface area contributed by atoms with Crippen LogP contribution in [0.3, 0.4) is 0 Å². The van der Waals surface area contributed by atoms with E-state index >= 15 is 0 Å². The van der Waals surface area contributed by atoms with Crippen molar-refractivity contribution in [3.05, 3.63) is 53.7 Å². The summed E-state index contributed by atoms with van der Waals surface area (Å²) >= 11 is 0. The molecule has 1 aromatic heterocycles. The zero-order valence-corrected chi connectivity index (χ0v) is 10.1. The molecule has 0 aliphatic heterocycles. The van der Waals surface area contributed by atoms with Crippen molar-refractivity contribution in [3.8, 4) is 0 Å². The standard InChI is InChI=1S/C14H17N3/c1-10-7-8-16-14(9-10)17-13-6-4-3-5-12(13)11(2)15/h3-9,11H,15H2,1-2H3,(H,16,17). The lowest BCUT2D eigenvalue weighted by Gasteiger charge is -2.14. The summed E-state index contributed by atoms with van der Waals surface area (Å²) in [6.07, 6.45) is 1.80. The number of hydrogen-bond donors (Lipinski definition) is 2. The third-order valence-electron chi connectivity index (χ3n) is 2.63. The molecule has 3 heteroatoms. The quantitative estimate of drug-likeness (QED) is 0.846. The third-order valence-corrected chi connectivity index (χ3v) is 2.63. The molecule has 2 rings (SSSR count). The van der Waals surface area contributed by atoms with Crippen molar-refractivity contribution < 1.29 is 0 Å². The highest BCUT2D eigenvalue weighted by atomic mass is 15.0. The zero-order valence-electron chi connectivity index (χ0n) is 10.1. The number of benzene rings is 1. The molecular weight excluding hydrogens is 210 g/mol. The highest BCUT2D eigenvalue weighted by Gasteiger charge is 2.06. The van der Waals surface area contributed by atoms with E-state index < -0.39 is 0 Å². The van der Waals surface area contributed by atoms with E-state index in [2.05, 4.69) is 10.3 Å². The first kappa shape index (κ1) is 11.6. The van der Waals surface area contributed by atoms with Gasteiger partial charge in [-0.15, -0.1) is 0 Å². The highest BCUT2D eigenvalue weighted by molar-refractivity contribution is 5.61. The Kier molecular flexibility index (Phi) is 3.40. The number of para-hydroxylation sites is 1. The number of nitrogens with one attached hydrogen (secondary N) is 1. The summed E-state index contributed by atoms with van der Waals surface area (Å²) in [5, 5.41) is 3.30. The van der Waals surface area contributed by atoms with Gasteiger partial charge in [0.1, 0.15) is 5.82 Å². The van der Waals surface area contributed by atoms with Crippen molar-refractivity contribution in [2.24, 2.45) is 5.73 Å². The number of aryl methyl sites for hydroxylation is 1. The Morgan fingerprint density at radius 3 is 2.71 bits per heavy atom. The van der Waals surface area contributed by atoms with E-state index in [-0.39, 0.29) is 6.04 Å². The van der Waals surface area contributed by atoms with Crippen molar-refractivity contribution in [2.45, 2.75) is 19.9 Å². The van der Waals surface area contributed by atoms with E-state index in [9.17, 15) is 0 Å². The molecule has 2 aromatic rings. The van der Waals surface area contributed by atoms with Crippen LogP contribution in [0.4, 0.5) is 11.5 Å². The zero-order chi connectivity index (χ0) is 12.3. The highest BCUT2D eigenvalue weighted by Crippen LogP contribution is 2.23. The molecule has 0 fully saturated rings. The minimum absolute atomic E-state index is 0.00325. The van der Waals surface area contributed by atoms with Gasteiger partial charge in [-0.2, -0.15) is 0 Å². The number of nitrogens with zero attached hydrogens (tertiary/aromatic N) is 1. The van der Waals surface area contributed by atoms with Gasteiger partial charge in [-0.05, 0) is 43.2 Å². The number of anilines is 2. The molecule has 0 bridgehead atoms. The third kappa shape index (κ3) is 2.82. The van der Waals surface area contributed by atoms with Gasteiger partial charge >= 0.3 is 0 Å². The average Bonchev–Trinajstić information content (AvgIpc) is 2.29. The molecule has 17 heavy (non-hydrogen) atoms. The van der Waals surface area contributed by atoms with Crippen molar-refractivity contribution in [1.82, 2.24) is 4.98 Å². The summed E-state index contributed by atoms with van der Waals surface area (Å²) in [5.41, 5.74) is 9.23. The summed E-state index contributed by atoms with van der Waals surface area (Å²) in [4.78, 5) is 4.28. The lowest BCUT2D eigenvalue weighted by atomic mass is 10.1. The summed E-state index contributed by atoms with van der Waals surface area (Å²) in [6.45, 7) is 4.02. The topological polar surface area (TPSA) is 50.9 Å². The largest absolute Gasteiger partial charge is 0.340 e. The van der Waals surface area contributed by atoms with Gasteiger partial charge in [0.05, 0.1) is 0 Å². The lowest BCUT2D eigenvalue weighted by molar-refractivity contribution is 0.820. The maximum Gasteiger partial charge on any atom is 0.130 e. The van der Waals surface area contributed by atoms with Crippen LogP contribution < -0.4 is 11.1 Å². The van der Waals surface area contributed by atoms with E-state index in [1.807, 2.05) is 50.2 Å². The molecule has 0 spiro atoms. The van der Waals surface area contributed by atoms with Gasteiger partial charge in [0.15, 0.2) is 0 Å². The SMILES string of the molecule is Cc1ccnc(Nc2ccccc2C(C)N)c1. The first-order valence-electron chi connectivity index (χ1n) is 5.71. The molecule has 0 radical (unpaired) electrons. The molecule has 0 amide bonds. The Morgan fingerprint density at radius 1 is 1.24 bits per heavy atom. The van der Waals surface area contributed by atoms with Crippen LogP contribution >= 0.6 is 0 Å². The molecule has 0 saturated carbocycles. The lowest BCUT2D eigenvalue weighted by Crippen LogP contribution is -2.08. The number of pyridine rings is 1. The molecule has 0 aliphatic rings. The van der Waals surface area contributed by atoms with Gasteiger partial charge in [-0.3, -0.25) is 0 Å². The normalized spacial score (nSPS) is 12.2. The van der Waals surface area contributed by atoms with Gasteiger partial charge in [-0.1, -0.05) is 18.2 Å². The van der Waals surface area contributed by atoms with E-state index in [0.717, 1.165) is 17.1 Å². The van der Waals surface area contributed by atoms with Crippen molar-refractivity contribution in [2.75, 3.05) is 5.32 Å². The molecule has 1 atom stereocenters. The molecule has 3 nitrogen and oxygen atoms in total. The minimum Gasteiger partial charge on any atom is -0.340 e. The molecule has 1 aromatic carbocycles. The maximum absolute atomic E-state index is 5.94. The van der Waals surface area contributed by atoms with Crippen LogP contribution in [0.1, 0.15) is 24.1 Å². The second kappa shape index (κ2) is 4.97. The monoisotopic (exact) mass is 227 g/mol. The average molecular weight is 227 g/mol. The van der Waals surface area contributed by atoms with Crippen molar-refractivity contribution >= 4 is 11.5 Å². The van der Waals surface area contributed by atoms with Crippen molar-refractivity contribution in [3.63, 3.8) is 0 Å². The fraction of sp³-hybridized carbons (Fsp3) is 0.214. The van der Waals surface area contributed by atoms with Gasteiger partial charge < -0.3 is 11.1 Å². The molecule has 0 saturated heterocycles. The Morgan fingerprint density at radius 2 is 2.00 bits per heavy atom. The summed E-state index contributed by atoms with van der Waals surface area (Å²) in [5.74, 6) is 0.845. The van der Waals surface area contributed by atoms with Crippen LogP contribution in [-0.2, 0) is 0 Å². The Labute approximate surface area is 102 Å². The number of rotatable bonds is 3. The fourth-order valence-corrected chi connectivity index (χ4v) is 1.75. The molecule has 1 heterocycles. The van der Waals surface area contributed by atoms with Crippen LogP contribution in [-0.4, -0.2) is 4.98 Å². The molecule has 3 N–H and O–H groups in total. The van der Waals surface area contributed by atoms with Crippen LogP contribution in [0.5, 0.6) is 0 Å². The van der Waals surface area contributed by atoms with Crippen LogP contribution in [0, 0.1) is 6.92 Å². The smallest absolute Gasteiger partial charge is 0.130 e. The molecular formula is C14H17N3. The maximum atomic E-state index is 5.94. The minimum atomic E-state index is 0.00325. The first-order chi connectivity index (χ1) is 8.16. The van der Waals surface area contributed by atoms with Crippen molar-refractivity contribution in [1.29, 1.82) is 0 Å². The number of aromatic nitrogens is 1. The Hall–Kier alpha value is -1.87. The van der Waals surface area contributed by atoms with E-state index in [1.54, 1.807) is 6.20 Å². The van der Waals surface area contributed by atoms with Gasteiger partial charge in [0.25, 0.3) is 0 Å². The van der Waals surface area contributed by atoms with Crippen LogP contribution in [0.25, 0.3) is 0 Å². The fourth-order valence-electron chi connectivity index (χ4n) is 1.75. The second-order valence-corrected chi connectivity index (χ2v) is 4.22. The number of nitrogens with two attached hydrogens (primary N) is 1. The first-order valence-corrected chi connectivity index (χ1v) is 5.71. The molecule has 0 aliphatic carbocycles. The Bertz CT molecular complexity index is 506. The van der Waals surface area contributed by atoms with E-state index in [1.165, 1.54) is 5.56 Å². The van der Waals surface area contributed by atoms with Crippen LogP contribution in [0.2, 0.25) is 0 Å². The Balaban J connectivity index is 2.30. The van der Waals surface area contributed by atoms with Gasteiger partial charge in [0, 0.05) is 17.9 Å². The van der Waals surface area contributed by atoms with Gasteiger partial charge in [-0.25, -0.2) is 4.98 Å². The number of hydrogen-bond acceptors (Lipinski definition) is 3. The van der Waals surface area contributed by atoms with E-state index in [4.69, 9.17) is 5.73 Å². The molecule has 88 valence electrons. The summed E-state index contributed by atoms with van der Waals surface area (Å²) in [6, 6.07) is 12.0. The van der Waals surface area contributed by atoms with Gasteiger partial charge in [0.2, 0.25) is 0 Å².